The molecular formula is C51H30N4S2. The molecule has 0 unspecified atom stereocenters. The maximum atomic E-state index is 5.31. The predicted molar refractivity (Wildman–Crippen MR) is 242 cm³/mol. The van der Waals surface area contributed by atoms with Crippen molar-refractivity contribution in [2.75, 3.05) is 0 Å². The molecule has 0 aliphatic carbocycles. The van der Waals surface area contributed by atoms with Gasteiger partial charge in [0, 0.05) is 63.1 Å². The van der Waals surface area contributed by atoms with Crippen molar-refractivity contribution in [1.82, 2.24) is 19.5 Å². The molecule has 8 aromatic carbocycles. The van der Waals surface area contributed by atoms with Crippen molar-refractivity contribution in [1.29, 1.82) is 0 Å². The van der Waals surface area contributed by atoms with E-state index in [1.165, 1.54) is 68.6 Å². The van der Waals surface area contributed by atoms with Crippen LogP contribution in [0.3, 0.4) is 0 Å². The number of rotatable bonds is 5. The molecule has 0 saturated heterocycles. The minimum atomic E-state index is 0.660. The summed E-state index contributed by atoms with van der Waals surface area (Å²) in [7, 11) is 0. The number of para-hydroxylation sites is 1. The zero-order valence-electron chi connectivity index (χ0n) is 30.4. The third-order valence-corrected chi connectivity index (χ3v) is 13.6. The molecule has 4 aromatic heterocycles. The zero-order chi connectivity index (χ0) is 37.5. The van der Waals surface area contributed by atoms with Crippen molar-refractivity contribution >= 4 is 84.8 Å². The molecule has 0 fully saturated rings. The molecule has 57 heavy (non-hydrogen) atoms. The van der Waals surface area contributed by atoms with Crippen molar-refractivity contribution < 1.29 is 0 Å². The smallest absolute Gasteiger partial charge is 0.165 e. The van der Waals surface area contributed by atoms with Crippen LogP contribution in [0.2, 0.25) is 0 Å². The van der Waals surface area contributed by atoms with Crippen LogP contribution in [0.4, 0.5) is 0 Å². The molecule has 0 aliphatic heterocycles. The lowest BCUT2D eigenvalue weighted by molar-refractivity contribution is 1.08. The van der Waals surface area contributed by atoms with Gasteiger partial charge < -0.3 is 4.57 Å². The Kier molecular flexibility index (Phi) is 7.24. The number of thiophene rings is 2. The summed E-state index contributed by atoms with van der Waals surface area (Å²) in [4.78, 5) is 15.7. The van der Waals surface area contributed by atoms with Crippen molar-refractivity contribution in [3.05, 3.63) is 182 Å². The van der Waals surface area contributed by atoms with Crippen molar-refractivity contribution in [3.8, 4) is 51.0 Å². The summed E-state index contributed by atoms with van der Waals surface area (Å²) in [6, 6.07) is 64.8. The van der Waals surface area contributed by atoms with Gasteiger partial charge in [0.05, 0.1) is 21.4 Å². The highest BCUT2D eigenvalue weighted by atomic mass is 32.1. The van der Waals surface area contributed by atoms with Gasteiger partial charge in [-0.1, -0.05) is 140 Å². The highest BCUT2D eigenvalue weighted by Crippen LogP contribution is 2.45. The summed E-state index contributed by atoms with van der Waals surface area (Å²) < 4.78 is 7.26. The highest BCUT2D eigenvalue weighted by molar-refractivity contribution is 7.27. The average molecular weight is 763 g/mol. The van der Waals surface area contributed by atoms with E-state index in [0.29, 0.717) is 17.5 Å². The minimum Gasteiger partial charge on any atom is -0.308 e. The monoisotopic (exact) mass is 762 g/mol. The fourth-order valence-electron chi connectivity index (χ4n) is 8.46. The maximum Gasteiger partial charge on any atom is 0.165 e. The molecule has 0 atom stereocenters. The summed E-state index contributed by atoms with van der Waals surface area (Å²) in [5.41, 5.74) is 8.94. The van der Waals surface area contributed by atoms with Gasteiger partial charge in [-0.15, -0.1) is 22.7 Å². The van der Waals surface area contributed by atoms with Crippen LogP contribution < -0.4 is 0 Å². The van der Waals surface area contributed by atoms with Gasteiger partial charge in [0.2, 0.25) is 0 Å². The lowest BCUT2D eigenvalue weighted by Gasteiger charge is -2.10. The van der Waals surface area contributed by atoms with Crippen LogP contribution in [0.5, 0.6) is 0 Å². The van der Waals surface area contributed by atoms with Gasteiger partial charge in [-0.3, -0.25) is 0 Å². The summed E-state index contributed by atoms with van der Waals surface area (Å²) >= 11 is 3.61. The highest BCUT2D eigenvalue weighted by Gasteiger charge is 2.21. The Morgan fingerprint density at radius 2 is 0.877 bits per heavy atom. The van der Waals surface area contributed by atoms with Gasteiger partial charge in [-0.2, -0.15) is 0 Å². The van der Waals surface area contributed by atoms with E-state index in [-0.39, 0.29) is 0 Å². The second-order valence-electron chi connectivity index (χ2n) is 14.3. The molecule has 12 aromatic rings. The van der Waals surface area contributed by atoms with Gasteiger partial charge in [0.25, 0.3) is 0 Å². The third-order valence-electron chi connectivity index (χ3n) is 11.1. The van der Waals surface area contributed by atoms with E-state index in [9.17, 15) is 0 Å². The Bertz CT molecular complexity index is 3530. The van der Waals surface area contributed by atoms with Crippen molar-refractivity contribution in [2.45, 2.75) is 0 Å². The zero-order valence-corrected chi connectivity index (χ0v) is 32.1. The first-order valence-electron chi connectivity index (χ1n) is 19.0. The molecule has 0 N–H and O–H groups in total. The summed E-state index contributed by atoms with van der Waals surface area (Å²) in [6.45, 7) is 0. The maximum absolute atomic E-state index is 5.31. The van der Waals surface area contributed by atoms with E-state index < -0.39 is 0 Å². The van der Waals surface area contributed by atoms with Crippen molar-refractivity contribution in [2.24, 2.45) is 0 Å². The lowest BCUT2D eigenvalue weighted by atomic mass is 10.0. The van der Waals surface area contributed by atoms with E-state index in [1.54, 1.807) is 11.3 Å². The minimum absolute atomic E-state index is 0.660. The molecule has 0 spiro atoms. The average Bonchev–Trinajstić information content (AvgIpc) is 3.96. The molecular weight excluding hydrogens is 733 g/mol. The quantitative estimate of drug-likeness (QED) is 0.175. The molecule has 0 saturated carbocycles. The Morgan fingerprint density at radius 3 is 1.63 bits per heavy atom. The Morgan fingerprint density at radius 1 is 0.333 bits per heavy atom. The SMILES string of the molecule is c1ccc(-c2ccc3c(c2)c2ccccc2n3-c2cccc3c2sc2c(-c4nc(-c5ccccc5)nc(-c5cccc6c5sc5ccccc56)n4)cccc23)cc1. The van der Waals surface area contributed by atoms with Gasteiger partial charge >= 0.3 is 0 Å². The first kappa shape index (κ1) is 32.3. The van der Waals surface area contributed by atoms with Crippen LogP contribution in [-0.2, 0) is 0 Å². The molecule has 0 aliphatic rings. The van der Waals surface area contributed by atoms with E-state index >= 15 is 0 Å². The fourth-order valence-corrected chi connectivity index (χ4v) is 11.0. The van der Waals surface area contributed by atoms with E-state index in [2.05, 4.69) is 168 Å². The fraction of sp³-hybridized carbons (Fsp3) is 0. The van der Waals surface area contributed by atoms with E-state index in [0.717, 1.165) is 27.1 Å². The van der Waals surface area contributed by atoms with E-state index in [4.69, 9.17) is 15.0 Å². The topological polar surface area (TPSA) is 43.6 Å². The predicted octanol–water partition coefficient (Wildman–Crippen LogP) is 14.4. The number of benzene rings is 8. The number of nitrogens with zero attached hydrogens (tertiary/aromatic N) is 4. The molecule has 4 nitrogen and oxygen atoms in total. The number of aromatic nitrogens is 4. The van der Waals surface area contributed by atoms with Gasteiger partial charge in [0.15, 0.2) is 17.5 Å². The van der Waals surface area contributed by atoms with Crippen LogP contribution in [0, 0.1) is 0 Å². The summed E-state index contributed by atoms with van der Waals surface area (Å²) in [6.07, 6.45) is 0. The largest absolute Gasteiger partial charge is 0.308 e. The number of hydrogen-bond donors (Lipinski definition) is 0. The third kappa shape index (κ3) is 5.08. The van der Waals surface area contributed by atoms with Crippen LogP contribution in [0.15, 0.2) is 182 Å². The second-order valence-corrected chi connectivity index (χ2v) is 16.4. The van der Waals surface area contributed by atoms with Crippen LogP contribution in [0.25, 0.3) is 113 Å². The van der Waals surface area contributed by atoms with Crippen LogP contribution in [-0.4, -0.2) is 19.5 Å². The standard InChI is InChI=1S/C51H30N4S2/c1-3-14-31(15-4-1)33-28-29-43-41(30-33)34-18-7-9-25-42(34)55(43)44-26-13-22-38-37-21-12-24-40(47(37)57-48(38)44)51-53-49(32-16-5-2-6-17-32)52-50(54-51)39-23-11-20-36-35-19-8-10-27-45(35)56-46(36)39/h1-30H. The molecule has 266 valence electrons. The molecule has 4 heterocycles. The van der Waals surface area contributed by atoms with Crippen LogP contribution in [0.1, 0.15) is 0 Å². The molecule has 6 heteroatoms. The first-order valence-corrected chi connectivity index (χ1v) is 20.7. The van der Waals surface area contributed by atoms with E-state index in [1.807, 2.05) is 29.5 Å². The lowest BCUT2D eigenvalue weighted by Crippen LogP contribution is -2.00. The second kappa shape index (κ2) is 12.8. The molecule has 0 amide bonds. The van der Waals surface area contributed by atoms with Gasteiger partial charge in [-0.25, -0.2) is 15.0 Å². The Labute approximate surface area is 335 Å². The normalized spacial score (nSPS) is 11.9. The number of hydrogen-bond acceptors (Lipinski definition) is 5. The first-order chi connectivity index (χ1) is 28.3. The Balaban J connectivity index is 1.08. The molecule has 0 radical (unpaired) electrons. The van der Waals surface area contributed by atoms with Gasteiger partial charge in [-0.05, 0) is 53.6 Å². The number of fused-ring (bicyclic) bond motifs is 9. The summed E-state index contributed by atoms with van der Waals surface area (Å²) in [5.74, 6) is 2.00. The molecule has 12 rings (SSSR count). The van der Waals surface area contributed by atoms with Gasteiger partial charge in [0.1, 0.15) is 0 Å². The van der Waals surface area contributed by atoms with Crippen LogP contribution >= 0.6 is 22.7 Å². The molecule has 0 bridgehead atoms. The Hall–Kier alpha value is -6.99. The summed E-state index contributed by atoms with van der Waals surface area (Å²) in [5, 5.41) is 7.36. The van der Waals surface area contributed by atoms with Crippen molar-refractivity contribution in [3.63, 3.8) is 0 Å².